The first-order valence-electron chi connectivity index (χ1n) is 10.2. The van der Waals surface area contributed by atoms with Crippen molar-refractivity contribution in [3.05, 3.63) is 0 Å². The van der Waals surface area contributed by atoms with Crippen molar-refractivity contribution < 1.29 is 14.6 Å². The van der Waals surface area contributed by atoms with Crippen LogP contribution in [0.25, 0.3) is 0 Å². The number of nitrogens with one attached hydrogen (secondary N) is 1. The largest absolute Gasteiger partial charge is 0.444 e. The Labute approximate surface area is 153 Å². The van der Waals surface area contributed by atoms with Crippen LogP contribution < -0.4 is 5.32 Å². The van der Waals surface area contributed by atoms with E-state index in [1.165, 1.54) is 19.3 Å². The van der Waals surface area contributed by atoms with Gasteiger partial charge in [-0.25, -0.2) is 4.79 Å². The molecule has 5 heteroatoms. The van der Waals surface area contributed by atoms with E-state index in [9.17, 15) is 9.90 Å². The van der Waals surface area contributed by atoms with Crippen LogP contribution in [0.1, 0.15) is 79.1 Å². The SMILES string of the molecule is CC(CC1CCCCN1C(=O)OC(C)(C)C)NC1CCCCC1CO. The molecule has 0 bridgehead atoms. The Morgan fingerprint density at radius 2 is 1.88 bits per heavy atom. The molecule has 2 N–H and O–H groups in total. The molecule has 0 aromatic carbocycles. The number of aliphatic hydroxyl groups excluding tert-OH is 1. The van der Waals surface area contributed by atoms with Crippen LogP contribution >= 0.6 is 0 Å². The van der Waals surface area contributed by atoms with E-state index < -0.39 is 5.60 Å². The summed E-state index contributed by atoms with van der Waals surface area (Å²) in [6.45, 7) is 9.06. The molecule has 2 rings (SSSR count). The Hall–Kier alpha value is -0.810. The molecule has 1 heterocycles. The predicted octanol–water partition coefficient (Wildman–Crippen LogP) is 3.70. The summed E-state index contributed by atoms with van der Waals surface area (Å²) < 4.78 is 5.61. The number of rotatable bonds is 5. The standard InChI is InChI=1S/C20H38N2O3/c1-15(21-18-11-6-5-9-16(18)14-23)13-17-10-7-8-12-22(17)19(24)25-20(2,3)4/h15-18,21,23H,5-14H2,1-4H3. The molecule has 0 aromatic rings. The highest BCUT2D eigenvalue weighted by Gasteiger charge is 2.32. The van der Waals surface area contributed by atoms with E-state index in [1.807, 2.05) is 25.7 Å². The van der Waals surface area contributed by atoms with Gasteiger partial charge in [0.25, 0.3) is 0 Å². The second kappa shape index (κ2) is 9.22. The summed E-state index contributed by atoms with van der Waals surface area (Å²) >= 11 is 0. The molecule has 4 atom stereocenters. The van der Waals surface area contributed by atoms with Gasteiger partial charge in [-0.05, 0) is 72.1 Å². The minimum absolute atomic E-state index is 0.171. The topological polar surface area (TPSA) is 61.8 Å². The van der Waals surface area contributed by atoms with Gasteiger partial charge in [-0.2, -0.15) is 0 Å². The van der Waals surface area contributed by atoms with Crippen molar-refractivity contribution in [3.63, 3.8) is 0 Å². The number of carbonyl (C=O) groups excluding carboxylic acids is 1. The number of aliphatic hydroxyl groups is 1. The van der Waals surface area contributed by atoms with Crippen molar-refractivity contribution in [2.24, 2.45) is 5.92 Å². The minimum Gasteiger partial charge on any atom is -0.444 e. The van der Waals surface area contributed by atoms with E-state index in [0.717, 1.165) is 38.6 Å². The molecule has 5 nitrogen and oxygen atoms in total. The maximum Gasteiger partial charge on any atom is 0.410 e. The molecule has 4 unspecified atom stereocenters. The lowest BCUT2D eigenvalue weighted by Gasteiger charge is -2.39. The zero-order valence-electron chi connectivity index (χ0n) is 16.6. The van der Waals surface area contributed by atoms with Crippen LogP contribution in [0.5, 0.6) is 0 Å². The number of hydrogen-bond acceptors (Lipinski definition) is 4. The molecule has 0 spiro atoms. The Kier molecular flexibility index (Phi) is 7.56. The summed E-state index contributed by atoms with van der Waals surface area (Å²) in [6, 6.07) is 1.000. The van der Waals surface area contributed by atoms with E-state index in [0.29, 0.717) is 18.0 Å². The molecule has 1 saturated heterocycles. The molecule has 1 amide bonds. The number of piperidine rings is 1. The van der Waals surface area contributed by atoms with Gasteiger partial charge in [0.1, 0.15) is 5.60 Å². The quantitative estimate of drug-likeness (QED) is 0.790. The zero-order valence-corrected chi connectivity index (χ0v) is 16.6. The Morgan fingerprint density at radius 1 is 1.20 bits per heavy atom. The normalized spacial score (nSPS) is 29.3. The maximum atomic E-state index is 12.5. The fourth-order valence-electron chi connectivity index (χ4n) is 4.29. The molecular weight excluding hydrogens is 316 g/mol. The van der Waals surface area contributed by atoms with Crippen molar-refractivity contribution in [1.29, 1.82) is 0 Å². The van der Waals surface area contributed by atoms with Crippen LogP contribution in [-0.2, 0) is 4.74 Å². The first-order valence-corrected chi connectivity index (χ1v) is 10.2. The highest BCUT2D eigenvalue weighted by atomic mass is 16.6. The number of nitrogens with zero attached hydrogens (tertiary/aromatic N) is 1. The summed E-state index contributed by atoms with van der Waals surface area (Å²) in [6.07, 6.45) is 8.82. The zero-order chi connectivity index (χ0) is 18.4. The number of carbonyl (C=O) groups is 1. The summed E-state index contributed by atoms with van der Waals surface area (Å²) in [5.41, 5.74) is -0.445. The van der Waals surface area contributed by atoms with E-state index in [1.54, 1.807) is 0 Å². The van der Waals surface area contributed by atoms with E-state index in [-0.39, 0.29) is 18.7 Å². The van der Waals surface area contributed by atoms with Gasteiger partial charge in [0.05, 0.1) is 0 Å². The molecule has 1 saturated carbocycles. The van der Waals surface area contributed by atoms with E-state index >= 15 is 0 Å². The molecule has 25 heavy (non-hydrogen) atoms. The highest BCUT2D eigenvalue weighted by molar-refractivity contribution is 5.68. The molecule has 0 aromatic heterocycles. The first kappa shape index (κ1) is 20.5. The summed E-state index contributed by atoms with van der Waals surface area (Å²) in [5, 5.41) is 13.3. The Balaban J connectivity index is 1.90. The lowest BCUT2D eigenvalue weighted by atomic mass is 9.84. The van der Waals surface area contributed by atoms with Gasteiger partial charge in [0, 0.05) is 31.3 Å². The van der Waals surface area contributed by atoms with Crippen molar-refractivity contribution in [2.45, 2.75) is 103 Å². The van der Waals surface area contributed by atoms with Crippen LogP contribution in [-0.4, -0.2) is 53.0 Å². The fraction of sp³-hybridized carbons (Fsp3) is 0.950. The third-order valence-electron chi connectivity index (χ3n) is 5.52. The molecule has 1 aliphatic heterocycles. The van der Waals surface area contributed by atoms with Gasteiger partial charge in [-0.15, -0.1) is 0 Å². The summed E-state index contributed by atoms with van der Waals surface area (Å²) in [7, 11) is 0. The van der Waals surface area contributed by atoms with Crippen LogP contribution in [0, 0.1) is 5.92 Å². The summed E-state index contributed by atoms with van der Waals surface area (Å²) in [4.78, 5) is 14.5. The maximum absolute atomic E-state index is 12.5. The minimum atomic E-state index is -0.445. The Bertz CT molecular complexity index is 422. The van der Waals surface area contributed by atoms with Crippen LogP contribution in [0.3, 0.4) is 0 Å². The molecule has 146 valence electrons. The van der Waals surface area contributed by atoms with Crippen molar-refractivity contribution in [2.75, 3.05) is 13.2 Å². The van der Waals surface area contributed by atoms with Gasteiger partial charge in [0.15, 0.2) is 0 Å². The van der Waals surface area contributed by atoms with Gasteiger partial charge in [-0.1, -0.05) is 12.8 Å². The van der Waals surface area contributed by atoms with Gasteiger partial charge in [-0.3, -0.25) is 0 Å². The van der Waals surface area contributed by atoms with Crippen molar-refractivity contribution >= 4 is 6.09 Å². The van der Waals surface area contributed by atoms with E-state index in [2.05, 4.69) is 12.2 Å². The number of ether oxygens (including phenoxy) is 1. The molecule has 0 radical (unpaired) electrons. The number of amides is 1. The van der Waals surface area contributed by atoms with Crippen LogP contribution in [0.4, 0.5) is 4.79 Å². The Morgan fingerprint density at radius 3 is 2.56 bits per heavy atom. The number of likely N-dealkylation sites (tertiary alicyclic amines) is 1. The lowest BCUT2D eigenvalue weighted by Crippen LogP contribution is -2.50. The van der Waals surface area contributed by atoms with Crippen LogP contribution in [0.2, 0.25) is 0 Å². The third kappa shape index (κ3) is 6.45. The average molecular weight is 355 g/mol. The number of hydrogen-bond donors (Lipinski definition) is 2. The fourth-order valence-corrected chi connectivity index (χ4v) is 4.29. The molecule has 2 fully saturated rings. The van der Waals surface area contributed by atoms with Crippen molar-refractivity contribution in [3.8, 4) is 0 Å². The molecule has 1 aliphatic carbocycles. The van der Waals surface area contributed by atoms with Gasteiger partial charge >= 0.3 is 6.09 Å². The van der Waals surface area contributed by atoms with Crippen LogP contribution in [0.15, 0.2) is 0 Å². The smallest absolute Gasteiger partial charge is 0.410 e. The highest BCUT2D eigenvalue weighted by Crippen LogP contribution is 2.27. The predicted molar refractivity (Wildman–Crippen MR) is 101 cm³/mol. The first-order chi connectivity index (χ1) is 11.8. The molecule has 2 aliphatic rings. The monoisotopic (exact) mass is 354 g/mol. The summed E-state index contributed by atoms with van der Waals surface area (Å²) in [5.74, 6) is 0.379. The average Bonchev–Trinajstić information content (AvgIpc) is 2.54. The van der Waals surface area contributed by atoms with Crippen molar-refractivity contribution in [1.82, 2.24) is 10.2 Å². The third-order valence-corrected chi connectivity index (χ3v) is 5.52. The lowest BCUT2D eigenvalue weighted by molar-refractivity contribution is 0.00751. The van der Waals surface area contributed by atoms with Gasteiger partial charge < -0.3 is 20.1 Å². The van der Waals surface area contributed by atoms with Gasteiger partial charge in [0.2, 0.25) is 0 Å². The van der Waals surface area contributed by atoms with E-state index in [4.69, 9.17) is 4.74 Å². The second-order valence-electron chi connectivity index (χ2n) is 8.96. The molecular formula is C20H38N2O3. The second-order valence-corrected chi connectivity index (χ2v) is 8.96.